The van der Waals surface area contributed by atoms with E-state index in [0.717, 1.165) is 36.0 Å². The smallest absolute Gasteiger partial charge is 0.204 e. The minimum Gasteiger partial charge on any atom is -0.384 e. The number of hydrogen-bond donors (Lipinski definition) is 2. The van der Waals surface area contributed by atoms with E-state index in [0.29, 0.717) is 0 Å². The van der Waals surface area contributed by atoms with Crippen LogP contribution < -0.4 is 19.8 Å². The number of aromatic nitrogens is 2. The Balaban J connectivity index is 1.07. The molecule has 38 heavy (non-hydrogen) atoms. The molecule has 0 fully saturated rings. The van der Waals surface area contributed by atoms with Crippen LogP contribution in [0.3, 0.4) is 0 Å². The van der Waals surface area contributed by atoms with Crippen molar-refractivity contribution in [1.29, 1.82) is 0 Å². The van der Waals surface area contributed by atoms with Gasteiger partial charge in [0.15, 0.2) is 12.4 Å². The van der Waals surface area contributed by atoms with Gasteiger partial charge in [-0.2, -0.15) is 0 Å². The summed E-state index contributed by atoms with van der Waals surface area (Å²) in [4.78, 5) is 0. The Morgan fingerprint density at radius 3 is 1.37 bits per heavy atom. The lowest BCUT2D eigenvalue weighted by atomic mass is 10.1. The molecule has 0 saturated carbocycles. The maximum Gasteiger partial charge on any atom is 0.204 e. The van der Waals surface area contributed by atoms with Crippen molar-refractivity contribution in [2.45, 2.75) is 0 Å². The molecule has 4 aromatic rings. The molecule has 0 aliphatic rings. The van der Waals surface area contributed by atoms with Gasteiger partial charge in [-0.15, -0.1) is 0 Å². The van der Waals surface area contributed by atoms with Crippen LogP contribution in [-0.4, -0.2) is 24.6 Å². The van der Waals surface area contributed by atoms with Crippen LogP contribution in [0.1, 0.15) is 22.5 Å². The second-order valence-electron chi connectivity index (χ2n) is 8.88. The summed E-state index contributed by atoms with van der Waals surface area (Å²) in [5, 5.41) is 7.03. The Morgan fingerprint density at radius 2 is 0.974 bits per heavy atom. The van der Waals surface area contributed by atoms with Crippen molar-refractivity contribution >= 4 is 57.3 Å². The van der Waals surface area contributed by atoms with Crippen LogP contribution in [0, 0.1) is 0 Å². The first-order valence-electron chi connectivity index (χ1n) is 12.9. The molecule has 4 nitrogen and oxygen atoms in total. The predicted molar refractivity (Wildman–Crippen MR) is 168 cm³/mol. The minimum atomic E-state index is 0.954. The average molecular weight is 541 g/mol. The van der Waals surface area contributed by atoms with Crippen LogP contribution in [0.4, 0.5) is 11.4 Å². The molecule has 2 heterocycles. The van der Waals surface area contributed by atoms with Crippen LogP contribution in [0.2, 0.25) is 0 Å². The summed E-state index contributed by atoms with van der Waals surface area (Å²) in [7, 11) is 7.95. The molecule has 2 aromatic carbocycles. The molecular weight excluding hydrogens is 505 g/mol. The summed E-state index contributed by atoms with van der Waals surface area (Å²) >= 11 is 0. The Labute approximate surface area is 234 Å². The first-order valence-corrected chi connectivity index (χ1v) is 15.3. The van der Waals surface area contributed by atoms with Gasteiger partial charge < -0.3 is 10.6 Å². The molecule has 0 atom stereocenters. The van der Waals surface area contributed by atoms with Gasteiger partial charge in [0.05, 0.1) is 0 Å². The van der Waals surface area contributed by atoms with E-state index in [9.17, 15) is 0 Å². The van der Waals surface area contributed by atoms with Gasteiger partial charge in [0.2, 0.25) is 11.4 Å². The van der Waals surface area contributed by atoms with Crippen molar-refractivity contribution in [3.05, 3.63) is 120 Å². The van der Waals surface area contributed by atoms with E-state index in [1.165, 1.54) is 22.5 Å². The van der Waals surface area contributed by atoms with E-state index in [1.807, 2.05) is 33.7 Å². The molecule has 6 heteroatoms. The van der Waals surface area contributed by atoms with Crippen molar-refractivity contribution in [3.63, 3.8) is 0 Å². The lowest BCUT2D eigenvalue weighted by Gasteiger charge is -2.08. The van der Waals surface area contributed by atoms with Crippen LogP contribution in [0.5, 0.6) is 0 Å². The largest absolute Gasteiger partial charge is 0.384 e. The molecule has 2 N–H and O–H groups in total. The number of nitrogens with one attached hydrogen (secondary N) is 2. The van der Waals surface area contributed by atoms with Crippen molar-refractivity contribution < 1.29 is 9.13 Å². The van der Waals surface area contributed by atoms with Crippen molar-refractivity contribution in [2.24, 2.45) is 14.1 Å². The van der Waals surface area contributed by atoms with E-state index >= 15 is 0 Å². The highest BCUT2D eigenvalue weighted by molar-refractivity contribution is 8.76. The van der Waals surface area contributed by atoms with E-state index in [-0.39, 0.29) is 0 Å². The van der Waals surface area contributed by atoms with Gasteiger partial charge in [-0.3, -0.25) is 0 Å². The first kappa shape index (κ1) is 27.6. The molecule has 0 amide bonds. The highest BCUT2D eigenvalue weighted by atomic mass is 33.1. The SMILES string of the molecule is C[n+]1ccccc1C=Cc1ccc(NCCSSCCNc2ccc(C=Cc3cccc[n+]3C)cc2)cc1. The third-order valence-electron chi connectivity index (χ3n) is 6.02. The van der Waals surface area contributed by atoms with Crippen LogP contribution in [0.25, 0.3) is 24.3 Å². The summed E-state index contributed by atoms with van der Waals surface area (Å²) in [6.45, 7) is 1.91. The minimum absolute atomic E-state index is 0.954. The Hall–Kier alpha value is -3.48. The Morgan fingerprint density at radius 1 is 0.553 bits per heavy atom. The number of hydrogen-bond acceptors (Lipinski definition) is 4. The molecule has 0 spiro atoms. The quantitative estimate of drug-likeness (QED) is 0.114. The average Bonchev–Trinajstić information content (AvgIpc) is 2.95. The maximum atomic E-state index is 3.52. The number of anilines is 2. The van der Waals surface area contributed by atoms with Gasteiger partial charge in [0, 0.05) is 72.4 Å². The van der Waals surface area contributed by atoms with Gasteiger partial charge in [-0.25, -0.2) is 9.13 Å². The van der Waals surface area contributed by atoms with Crippen LogP contribution >= 0.6 is 21.6 Å². The van der Waals surface area contributed by atoms with Crippen molar-refractivity contribution in [1.82, 2.24) is 0 Å². The zero-order valence-electron chi connectivity index (χ0n) is 22.1. The normalized spacial score (nSPS) is 11.3. The summed E-state index contributed by atoms with van der Waals surface area (Å²) in [6.07, 6.45) is 12.7. The fourth-order valence-electron chi connectivity index (χ4n) is 3.80. The van der Waals surface area contributed by atoms with Gasteiger partial charge in [-0.05, 0) is 59.7 Å². The van der Waals surface area contributed by atoms with E-state index < -0.39 is 0 Å². The predicted octanol–water partition coefficient (Wildman–Crippen LogP) is 6.58. The summed E-state index contributed by atoms with van der Waals surface area (Å²) in [5.41, 5.74) is 7.08. The highest BCUT2D eigenvalue weighted by Gasteiger charge is 2.01. The Kier molecular flexibility index (Phi) is 10.9. The van der Waals surface area contributed by atoms with Gasteiger partial charge in [0.25, 0.3) is 0 Å². The molecule has 0 aliphatic carbocycles. The van der Waals surface area contributed by atoms with E-state index in [2.05, 4.69) is 143 Å². The van der Waals surface area contributed by atoms with E-state index in [1.54, 1.807) is 0 Å². The van der Waals surface area contributed by atoms with Crippen molar-refractivity contribution in [3.8, 4) is 0 Å². The van der Waals surface area contributed by atoms with Crippen LogP contribution in [-0.2, 0) is 14.1 Å². The fraction of sp³-hybridized carbons (Fsp3) is 0.188. The molecule has 0 aliphatic heterocycles. The monoisotopic (exact) mass is 540 g/mol. The third kappa shape index (κ3) is 9.12. The highest BCUT2D eigenvalue weighted by Crippen LogP contribution is 2.21. The molecule has 0 radical (unpaired) electrons. The number of nitrogens with zero attached hydrogens (tertiary/aromatic N) is 2. The molecule has 2 aromatic heterocycles. The second kappa shape index (κ2) is 15.1. The molecule has 0 saturated heterocycles. The maximum absolute atomic E-state index is 3.52. The first-order chi connectivity index (χ1) is 18.7. The van der Waals surface area contributed by atoms with Crippen molar-refractivity contribution in [2.75, 3.05) is 35.2 Å². The van der Waals surface area contributed by atoms with Gasteiger partial charge in [-0.1, -0.05) is 45.9 Å². The number of aryl methyl sites for hydroxylation is 2. The van der Waals surface area contributed by atoms with Gasteiger partial charge in [0.1, 0.15) is 14.1 Å². The molecule has 194 valence electrons. The zero-order chi connectivity index (χ0) is 26.4. The number of pyridine rings is 2. The standard InChI is InChI=1S/C32H34N4S2/c1-35-23-5-3-7-31(35)19-13-27-9-15-29(16-10-27)33-21-25-37-38-26-22-34-30-17-11-28(12-18-30)14-20-32-8-4-6-24-36(32)2/h3-20,23-24H,21-22,25-26H2,1-2H3/p+2. The fourth-order valence-corrected chi connectivity index (χ4v) is 5.61. The second-order valence-corrected chi connectivity index (χ2v) is 11.6. The number of benzene rings is 2. The van der Waals surface area contributed by atoms with Gasteiger partial charge >= 0.3 is 0 Å². The summed E-state index contributed by atoms with van der Waals surface area (Å²) in [5.74, 6) is 2.13. The zero-order valence-corrected chi connectivity index (χ0v) is 23.7. The summed E-state index contributed by atoms with van der Waals surface area (Å²) < 4.78 is 4.22. The molecule has 4 rings (SSSR count). The summed E-state index contributed by atoms with van der Waals surface area (Å²) in [6, 6.07) is 29.6. The lowest BCUT2D eigenvalue weighted by Crippen LogP contribution is -2.30. The molecule has 0 bridgehead atoms. The Bertz CT molecular complexity index is 1230. The third-order valence-corrected chi connectivity index (χ3v) is 8.43. The number of rotatable bonds is 13. The van der Waals surface area contributed by atoms with Crippen LogP contribution in [0.15, 0.2) is 97.3 Å². The molecule has 0 unspecified atom stereocenters. The van der Waals surface area contributed by atoms with E-state index in [4.69, 9.17) is 0 Å². The molecular formula is C32H36N4S2+2. The topological polar surface area (TPSA) is 31.8 Å². The lowest BCUT2D eigenvalue weighted by molar-refractivity contribution is -0.673.